The third-order valence-corrected chi connectivity index (χ3v) is 15.1. The third-order valence-electron chi connectivity index (χ3n) is 15.1. The summed E-state index contributed by atoms with van der Waals surface area (Å²) in [5.41, 5.74) is 2.99. The SMILES string of the molecule is COc1ccc(C#Cc2ccc3c(c2)[C@]2(C(=O)N3C(=O)OCc3ccc([N+](=O)[O-])cc3)[C@H](c3ccc(O)cc3)N3[C@H](c4ccccc4)[C@H](c4ccccc4)OC(=O)[C@H]3[C@@H]2C(=O)N2CCc3cc(OC)c(OC)cc3C2)cc1. The zero-order chi connectivity index (χ0) is 53.5. The molecule has 1 N–H and O–H groups in total. The number of carbonyl (C=O) groups is 4. The number of hydrogen-bond acceptors (Lipinski definition) is 13. The molecule has 2 fully saturated rings. The number of cyclic esters (lactones) is 1. The van der Waals surface area contributed by atoms with Crippen LogP contribution < -0.4 is 19.1 Å². The van der Waals surface area contributed by atoms with E-state index in [-0.39, 0.29) is 42.4 Å². The third kappa shape index (κ3) is 8.70. The van der Waals surface area contributed by atoms with E-state index in [1.54, 1.807) is 73.7 Å². The molecular weight excluding hydrogens is 981 g/mol. The molecule has 7 aromatic rings. The molecule has 4 heterocycles. The van der Waals surface area contributed by atoms with Crippen molar-refractivity contribution in [1.29, 1.82) is 0 Å². The van der Waals surface area contributed by atoms with Gasteiger partial charge < -0.3 is 33.7 Å². The van der Waals surface area contributed by atoms with Crippen LogP contribution in [0.5, 0.6) is 23.0 Å². The number of benzene rings is 7. The van der Waals surface area contributed by atoms with Crippen LogP contribution in [0.25, 0.3) is 0 Å². The number of nitro groups is 1. The van der Waals surface area contributed by atoms with Gasteiger partial charge in [-0.05, 0) is 124 Å². The van der Waals surface area contributed by atoms with Crippen molar-refractivity contribution in [3.05, 3.63) is 224 Å². The number of nitro benzene ring substituents is 1. The van der Waals surface area contributed by atoms with Gasteiger partial charge in [0.2, 0.25) is 11.8 Å². The van der Waals surface area contributed by atoms with Crippen molar-refractivity contribution in [3.8, 4) is 34.8 Å². The van der Waals surface area contributed by atoms with Gasteiger partial charge in [-0.25, -0.2) is 9.69 Å². The number of phenols is 1. The van der Waals surface area contributed by atoms with Crippen molar-refractivity contribution >= 4 is 35.3 Å². The molecule has 1 spiro atoms. The number of carbonyl (C=O) groups excluding carboxylic acids is 4. The molecule has 16 nitrogen and oxygen atoms in total. The standard InChI is InChI=1S/C61H50N4O12/c1-73-47-27-18-37(19-28-47)14-15-38-20-29-49-48(32-38)61(59(69)63(49)60(70)76-36-39-16-23-45(24-17-39)65(71)72)52(57(67)62-31-30-43-33-50(74-2)51(75-3)34-44(43)35-62)54-58(68)77-55(41-12-8-5-9-13-41)53(40-10-6-4-7-11-40)64(54)56(61)42-21-25-46(66)26-22-42/h4-13,16-29,32-34,52-56,66H,30-31,35-36H2,1-3H3/t52-,53-,54-,55+,56+,61-/m1/s1. The van der Waals surface area contributed by atoms with Gasteiger partial charge >= 0.3 is 12.1 Å². The summed E-state index contributed by atoms with van der Waals surface area (Å²) in [5.74, 6) is 4.22. The number of phenolic OH excluding ortho intramolecular Hbond substituents is 1. The Morgan fingerprint density at radius 2 is 1.36 bits per heavy atom. The van der Waals surface area contributed by atoms with E-state index < -0.39 is 64.4 Å². The lowest BCUT2D eigenvalue weighted by Crippen LogP contribution is -2.57. The van der Waals surface area contributed by atoms with Gasteiger partial charge in [-0.1, -0.05) is 84.6 Å². The van der Waals surface area contributed by atoms with E-state index in [1.165, 1.54) is 43.5 Å². The molecule has 2 saturated heterocycles. The second-order valence-electron chi connectivity index (χ2n) is 19.2. The first-order valence-corrected chi connectivity index (χ1v) is 24.9. The van der Waals surface area contributed by atoms with Crippen LogP contribution in [0.15, 0.2) is 164 Å². The lowest BCUT2D eigenvalue weighted by molar-refractivity contribution is -0.384. The molecule has 0 radical (unpaired) electrons. The van der Waals surface area contributed by atoms with E-state index in [0.717, 1.165) is 16.0 Å². The maximum atomic E-state index is 16.8. The zero-order valence-corrected chi connectivity index (χ0v) is 42.0. The van der Waals surface area contributed by atoms with Crippen molar-refractivity contribution in [2.24, 2.45) is 5.92 Å². The average Bonchev–Trinajstić information content (AvgIpc) is 3.25. The van der Waals surface area contributed by atoms with E-state index in [2.05, 4.69) is 11.8 Å². The fourth-order valence-electron chi connectivity index (χ4n) is 11.6. The Kier molecular flexibility index (Phi) is 13.1. The molecule has 0 unspecified atom stereocenters. The van der Waals surface area contributed by atoms with Gasteiger partial charge in [0.25, 0.3) is 5.69 Å². The smallest absolute Gasteiger partial charge is 0.421 e. The van der Waals surface area contributed by atoms with Gasteiger partial charge in [0.15, 0.2) is 11.5 Å². The number of hydrogen-bond donors (Lipinski definition) is 1. The Morgan fingerprint density at radius 3 is 2.01 bits per heavy atom. The number of amides is 3. The first kappa shape index (κ1) is 49.7. The summed E-state index contributed by atoms with van der Waals surface area (Å²) in [7, 11) is 4.64. The molecule has 0 aromatic heterocycles. The number of esters is 1. The van der Waals surface area contributed by atoms with Crippen molar-refractivity contribution in [3.63, 3.8) is 0 Å². The van der Waals surface area contributed by atoms with Crippen molar-refractivity contribution < 1.29 is 52.9 Å². The minimum Gasteiger partial charge on any atom is -0.508 e. The molecule has 0 aliphatic carbocycles. The molecule has 77 heavy (non-hydrogen) atoms. The Hall–Kier alpha value is -9.46. The Labute approximate surface area is 443 Å². The van der Waals surface area contributed by atoms with Crippen LogP contribution in [-0.2, 0) is 48.8 Å². The van der Waals surface area contributed by atoms with E-state index in [4.69, 9.17) is 23.7 Å². The van der Waals surface area contributed by atoms with Crippen LogP contribution in [0.3, 0.4) is 0 Å². The van der Waals surface area contributed by atoms with E-state index >= 15 is 19.2 Å². The number of ether oxygens (including phenoxy) is 5. The fraction of sp³-hybridized carbons (Fsp3) is 0.213. The average molecular weight is 1030 g/mol. The number of imide groups is 1. The van der Waals surface area contributed by atoms with Gasteiger partial charge in [0.1, 0.15) is 35.7 Å². The van der Waals surface area contributed by atoms with E-state index in [1.807, 2.05) is 77.7 Å². The highest BCUT2D eigenvalue weighted by atomic mass is 16.6. The lowest BCUT2D eigenvalue weighted by Gasteiger charge is -2.46. The summed E-state index contributed by atoms with van der Waals surface area (Å²) in [6.07, 6.45) is -1.68. The van der Waals surface area contributed by atoms with Gasteiger partial charge in [0, 0.05) is 36.3 Å². The van der Waals surface area contributed by atoms with Gasteiger partial charge in [0.05, 0.1) is 49.9 Å². The van der Waals surface area contributed by atoms with Gasteiger partial charge in [-0.15, -0.1) is 0 Å². The zero-order valence-electron chi connectivity index (χ0n) is 42.0. The predicted molar refractivity (Wildman–Crippen MR) is 281 cm³/mol. The topological polar surface area (TPSA) is 188 Å². The normalized spacial score (nSPS) is 21.2. The predicted octanol–water partition coefficient (Wildman–Crippen LogP) is 9.31. The first-order chi connectivity index (χ1) is 37.4. The summed E-state index contributed by atoms with van der Waals surface area (Å²) < 4.78 is 29.3. The number of aromatic hydroxyl groups is 1. The van der Waals surface area contributed by atoms with Crippen molar-refractivity contribution in [1.82, 2.24) is 9.80 Å². The number of methoxy groups -OCH3 is 3. The molecule has 4 aliphatic rings. The van der Waals surface area contributed by atoms with Crippen LogP contribution in [0.1, 0.15) is 68.3 Å². The summed E-state index contributed by atoms with van der Waals surface area (Å²) >= 11 is 0. The number of fused-ring (bicyclic) bond motifs is 4. The largest absolute Gasteiger partial charge is 0.508 e. The summed E-state index contributed by atoms with van der Waals surface area (Å²) in [5, 5.41) is 22.4. The molecule has 3 amide bonds. The molecule has 0 saturated carbocycles. The molecule has 0 bridgehead atoms. The second kappa shape index (κ2) is 20.3. The van der Waals surface area contributed by atoms with Crippen LogP contribution in [0, 0.1) is 27.9 Å². The number of rotatable bonds is 10. The number of anilines is 1. The Balaban J connectivity index is 1.16. The highest BCUT2D eigenvalue weighted by molar-refractivity contribution is 6.23. The lowest BCUT2D eigenvalue weighted by atomic mass is 9.64. The minimum absolute atomic E-state index is 0.0664. The Morgan fingerprint density at radius 1 is 0.727 bits per heavy atom. The highest BCUT2D eigenvalue weighted by Crippen LogP contribution is 2.66. The van der Waals surface area contributed by atoms with E-state index in [9.17, 15) is 15.2 Å². The molecule has 4 aliphatic heterocycles. The number of morpholine rings is 1. The second-order valence-corrected chi connectivity index (χ2v) is 19.2. The maximum absolute atomic E-state index is 16.8. The minimum atomic E-state index is -2.15. The van der Waals surface area contributed by atoms with Crippen molar-refractivity contribution in [2.45, 2.75) is 49.2 Å². The Bertz CT molecular complexity index is 3510. The fourth-order valence-corrected chi connectivity index (χ4v) is 11.6. The van der Waals surface area contributed by atoms with Crippen LogP contribution in [-0.4, -0.2) is 77.6 Å². The highest BCUT2D eigenvalue weighted by Gasteiger charge is 2.76. The molecule has 7 aromatic carbocycles. The van der Waals surface area contributed by atoms with Crippen molar-refractivity contribution in [2.75, 3.05) is 32.8 Å². The monoisotopic (exact) mass is 1030 g/mol. The molecule has 6 atom stereocenters. The van der Waals surface area contributed by atoms with Gasteiger partial charge in [-0.3, -0.25) is 29.4 Å². The summed E-state index contributed by atoms with van der Waals surface area (Å²) in [4.78, 5) is 79.6. The first-order valence-electron chi connectivity index (χ1n) is 24.9. The summed E-state index contributed by atoms with van der Waals surface area (Å²) in [6.45, 7) is -0.129. The molecular formula is C61H50N4O12. The molecule has 16 heteroatoms. The number of nitrogens with zero attached hydrogens (tertiary/aromatic N) is 4. The number of non-ortho nitro benzene ring substituents is 1. The molecule has 11 rings (SSSR count). The van der Waals surface area contributed by atoms with Crippen LogP contribution in [0.4, 0.5) is 16.2 Å². The maximum Gasteiger partial charge on any atom is 0.421 e. The van der Waals surface area contributed by atoms with Crippen LogP contribution >= 0.6 is 0 Å². The summed E-state index contributed by atoms with van der Waals surface area (Å²) in [6, 6.07) is 42.7. The molecule has 386 valence electrons. The van der Waals surface area contributed by atoms with Gasteiger partial charge in [-0.2, -0.15) is 0 Å². The van der Waals surface area contributed by atoms with E-state index in [0.29, 0.717) is 57.1 Å². The van der Waals surface area contributed by atoms with Crippen LogP contribution in [0.2, 0.25) is 0 Å². The quantitative estimate of drug-likeness (QED) is 0.0592.